The predicted octanol–water partition coefficient (Wildman–Crippen LogP) is 6.26. The van der Waals surface area contributed by atoms with Crippen molar-refractivity contribution in [1.29, 1.82) is 0 Å². The van der Waals surface area contributed by atoms with E-state index in [1.165, 1.54) is 12.3 Å². The van der Waals surface area contributed by atoms with E-state index in [4.69, 9.17) is 0 Å². The van der Waals surface area contributed by atoms with Crippen molar-refractivity contribution >= 4 is 5.78 Å². The maximum atomic E-state index is 13.6. The van der Waals surface area contributed by atoms with E-state index in [2.05, 4.69) is 34.4 Å². The maximum absolute atomic E-state index is 13.6. The molecule has 8 heteroatoms. The summed E-state index contributed by atoms with van der Waals surface area (Å²) in [4.78, 5) is 17.6. The highest BCUT2D eigenvalue weighted by Crippen LogP contribution is 2.53. The van der Waals surface area contributed by atoms with Crippen LogP contribution >= 0.6 is 0 Å². The molecule has 5 nitrogen and oxygen atoms in total. The summed E-state index contributed by atoms with van der Waals surface area (Å²) >= 11 is 0. The van der Waals surface area contributed by atoms with Gasteiger partial charge in [-0.1, -0.05) is 45.0 Å². The number of alkyl halides is 3. The zero-order valence-corrected chi connectivity index (χ0v) is 19.9. The predicted molar refractivity (Wildman–Crippen MR) is 125 cm³/mol. The van der Waals surface area contributed by atoms with E-state index in [0.29, 0.717) is 18.4 Å². The molecule has 0 amide bonds. The third-order valence-corrected chi connectivity index (χ3v) is 7.30. The lowest BCUT2D eigenvalue weighted by Crippen LogP contribution is -2.51. The Hall–Kier alpha value is -3.29. The number of halogens is 3. The highest BCUT2D eigenvalue weighted by Gasteiger charge is 2.53. The van der Waals surface area contributed by atoms with Gasteiger partial charge in [0.1, 0.15) is 0 Å². The number of rotatable bonds is 4. The number of carbonyl (C=O) groups is 1. The molecule has 0 saturated heterocycles. The van der Waals surface area contributed by atoms with E-state index in [0.717, 1.165) is 34.9 Å². The molecule has 1 N–H and O–H groups in total. The van der Waals surface area contributed by atoms with E-state index >= 15 is 0 Å². The van der Waals surface area contributed by atoms with Crippen LogP contribution in [0.3, 0.4) is 0 Å². The van der Waals surface area contributed by atoms with Gasteiger partial charge in [0.15, 0.2) is 11.9 Å². The van der Waals surface area contributed by atoms with Crippen molar-refractivity contribution in [3.05, 3.63) is 88.0 Å². The molecule has 1 aromatic carbocycles. The van der Waals surface area contributed by atoms with Crippen LogP contribution in [0, 0.1) is 5.41 Å². The molecule has 1 aromatic heterocycles. The molecule has 5 rings (SSSR count). The number of aromatic nitrogens is 1. The summed E-state index contributed by atoms with van der Waals surface area (Å²) in [6.45, 7) is 6.20. The SMILES string of the molecule is CC[C@]1(c2cccc(Cc3ncccc3C(F)(F)F)c2)C2=CN=NC2NC2=C1C(=O)CC(C)(C)C2. The van der Waals surface area contributed by atoms with Crippen molar-refractivity contribution < 1.29 is 18.0 Å². The number of carbonyl (C=O) groups excluding carboxylic acids is 1. The topological polar surface area (TPSA) is 66.7 Å². The van der Waals surface area contributed by atoms with Gasteiger partial charge in [0.2, 0.25) is 0 Å². The third kappa shape index (κ3) is 3.89. The largest absolute Gasteiger partial charge is 0.418 e. The normalized spacial score (nSPS) is 25.1. The van der Waals surface area contributed by atoms with Gasteiger partial charge in [-0.25, -0.2) is 0 Å². The Labute approximate surface area is 202 Å². The third-order valence-electron chi connectivity index (χ3n) is 7.30. The zero-order chi connectivity index (χ0) is 25.0. The van der Waals surface area contributed by atoms with Crippen LogP contribution in [0.4, 0.5) is 13.2 Å². The van der Waals surface area contributed by atoms with Gasteiger partial charge in [0.05, 0.1) is 22.9 Å². The van der Waals surface area contributed by atoms with Crippen LogP contribution in [-0.4, -0.2) is 16.9 Å². The lowest BCUT2D eigenvalue weighted by Gasteiger charge is -2.47. The van der Waals surface area contributed by atoms with Crippen molar-refractivity contribution in [3.63, 3.8) is 0 Å². The van der Waals surface area contributed by atoms with Gasteiger partial charge in [-0.3, -0.25) is 9.78 Å². The molecule has 35 heavy (non-hydrogen) atoms. The minimum Gasteiger partial charge on any atom is -0.362 e. The number of fused-ring (bicyclic) bond motifs is 1. The Morgan fingerprint density at radius 1 is 1.14 bits per heavy atom. The molecule has 1 unspecified atom stereocenters. The molecule has 2 aromatic rings. The molecule has 2 aliphatic heterocycles. The molecule has 0 fully saturated rings. The fourth-order valence-electron chi connectivity index (χ4n) is 5.87. The van der Waals surface area contributed by atoms with Crippen LogP contribution in [0.5, 0.6) is 0 Å². The average Bonchev–Trinajstić information content (AvgIpc) is 3.25. The number of hydrogen-bond acceptors (Lipinski definition) is 5. The second-order valence-corrected chi connectivity index (χ2v) is 10.3. The molecule has 3 aliphatic rings. The highest BCUT2D eigenvalue weighted by atomic mass is 19.4. The molecule has 182 valence electrons. The molecular formula is C27H27F3N4O. The Morgan fingerprint density at radius 2 is 1.94 bits per heavy atom. The Morgan fingerprint density at radius 3 is 2.69 bits per heavy atom. The monoisotopic (exact) mass is 480 g/mol. The van der Waals surface area contributed by atoms with E-state index in [1.807, 2.05) is 25.1 Å². The fourth-order valence-corrected chi connectivity index (χ4v) is 5.87. The number of nitrogens with one attached hydrogen (secondary N) is 1. The number of azo groups is 1. The Bertz CT molecular complexity index is 1290. The summed E-state index contributed by atoms with van der Waals surface area (Å²) in [6, 6.07) is 9.87. The van der Waals surface area contributed by atoms with Gasteiger partial charge in [0, 0.05) is 35.9 Å². The molecular weight excluding hydrogens is 453 g/mol. The van der Waals surface area contributed by atoms with Crippen LogP contribution in [0.15, 0.2) is 75.9 Å². The number of pyridine rings is 1. The van der Waals surface area contributed by atoms with Crippen molar-refractivity contribution in [2.24, 2.45) is 15.6 Å². The second kappa shape index (κ2) is 8.14. The van der Waals surface area contributed by atoms with Crippen LogP contribution < -0.4 is 5.32 Å². The fraction of sp³-hybridized carbons (Fsp3) is 0.407. The van der Waals surface area contributed by atoms with Crippen molar-refractivity contribution in [2.45, 2.75) is 64.2 Å². The average molecular weight is 481 g/mol. The van der Waals surface area contributed by atoms with Crippen LogP contribution in [0.25, 0.3) is 0 Å². The minimum atomic E-state index is -4.48. The first-order chi connectivity index (χ1) is 16.5. The molecule has 3 heterocycles. The number of benzene rings is 1. The zero-order valence-electron chi connectivity index (χ0n) is 19.9. The van der Waals surface area contributed by atoms with E-state index in [1.54, 1.807) is 12.3 Å². The first kappa shape index (κ1) is 23.5. The van der Waals surface area contributed by atoms with Crippen molar-refractivity contribution in [3.8, 4) is 0 Å². The van der Waals surface area contributed by atoms with Crippen LogP contribution in [-0.2, 0) is 22.8 Å². The molecule has 0 spiro atoms. The van der Waals surface area contributed by atoms with Crippen molar-refractivity contribution in [2.75, 3.05) is 0 Å². The second-order valence-electron chi connectivity index (χ2n) is 10.3. The summed E-state index contributed by atoms with van der Waals surface area (Å²) in [5, 5.41) is 12.0. The lowest BCUT2D eigenvalue weighted by molar-refractivity contribution is -0.138. The molecule has 0 radical (unpaired) electrons. The lowest BCUT2D eigenvalue weighted by atomic mass is 9.58. The molecule has 0 bridgehead atoms. The van der Waals surface area contributed by atoms with E-state index in [-0.39, 0.29) is 29.5 Å². The van der Waals surface area contributed by atoms with Gasteiger partial charge in [-0.2, -0.15) is 23.4 Å². The van der Waals surface area contributed by atoms with Gasteiger partial charge in [0.25, 0.3) is 0 Å². The van der Waals surface area contributed by atoms with Crippen molar-refractivity contribution in [1.82, 2.24) is 10.3 Å². The summed E-state index contributed by atoms with van der Waals surface area (Å²) in [7, 11) is 0. The highest BCUT2D eigenvalue weighted by molar-refractivity contribution is 6.01. The minimum absolute atomic E-state index is 0.0219. The number of allylic oxidation sites excluding steroid dienone is 2. The first-order valence-corrected chi connectivity index (χ1v) is 11.8. The maximum Gasteiger partial charge on any atom is 0.418 e. The first-order valence-electron chi connectivity index (χ1n) is 11.8. The van der Waals surface area contributed by atoms with Gasteiger partial charge >= 0.3 is 6.18 Å². The summed E-state index contributed by atoms with van der Waals surface area (Å²) in [5.41, 5.74) is 2.43. The Kier molecular flexibility index (Phi) is 5.45. The van der Waals surface area contributed by atoms with Gasteiger partial charge < -0.3 is 5.32 Å². The van der Waals surface area contributed by atoms with Crippen LogP contribution in [0.2, 0.25) is 0 Å². The van der Waals surface area contributed by atoms with Crippen LogP contribution in [0.1, 0.15) is 62.4 Å². The van der Waals surface area contributed by atoms with Gasteiger partial charge in [-0.15, -0.1) is 0 Å². The number of ketones is 1. The standard InChI is InChI=1S/C27H27F3N4O/c1-4-26(19-15-32-34-24(19)33-21-13-25(2,3)14-22(35)23(21)26)17-8-5-7-16(11-17)12-20-18(27(28,29)30)9-6-10-31-20/h5-11,15,24,33H,4,12-14H2,1-3H3/t24?,26-/m0/s1. The number of hydrogen-bond donors (Lipinski definition) is 1. The smallest absolute Gasteiger partial charge is 0.362 e. The molecule has 0 saturated carbocycles. The molecule has 1 aliphatic carbocycles. The summed E-state index contributed by atoms with van der Waals surface area (Å²) in [5.74, 6) is 0.0892. The number of Topliss-reactive ketones (excluding diaryl/α,β-unsaturated/α-hetero) is 1. The van der Waals surface area contributed by atoms with Gasteiger partial charge in [-0.05, 0) is 41.5 Å². The quantitative estimate of drug-likeness (QED) is 0.562. The van der Waals surface area contributed by atoms with E-state index < -0.39 is 17.2 Å². The van der Waals surface area contributed by atoms with E-state index in [9.17, 15) is 18.0 Å². The summed E-state index contributed by atoms with van der Waals surface area (Å²) in [6.07, 6.45) is 0.0662. The molecule has 2 atom stereocenters. The Balaban J connectivity index is 1.64. The summed E-state index contributed by atoms with van der Waals surface area (Å²) < 4.78 is 40.7. The number of nitrogens with zero attached hydrogens (tertiary/aromatic N) is 3.